The lowest BCUT2D eigenvalue weighted by molar-refractivity contribution is 0.565. The smallest absolute Gasteiger partial charge is 0.267 e. The number of benzene rings is 1. The number of aromatic amines is 2. The van der Waals surface area contributed by atoms with Crippen LogP contribution < -0.4 is 11.1 Å². The number of aromatic nitrogens is 2. The lowest BCUT2D eigenvalue weighted by Gasteiger charge is -1.97. The quantitative estimate of drug-likeness (QED) is 0.511. The van der Waals surface area contributed by atoms with Gasteiger partial charge in [0.2, 0.25) is 6.08 Å². The molecule has 0 spiro atoms. The van der Waals surface area contributed by atoms with Crippen molar-refractivity contribution in [2.24, 2.45) is 4.99 Å². The molecule has 6 heteroatoms. The van der Waals surface area contributed by atoms with Crippen molar-refractivity contribution in [3.05, 3.63) is 38.9 Å². The molecule has 1 aromatic carbocycles. The Labute approximate surface area is 82.3 Å². The number of nitrogens with zero attached hydrogens (tertiary/aromatic N) is 1. The highest BCUT2D eigenvalue weighted by Gasteiger charge is 2.06. The minimum atomic E-state index is -0.501. The van der Waals surface area contributed by atoms with Crippen LogP contribution in [0.4, 0.5) is 5.69 Å². The van der Waals surface area contributed by atoms with Crippen LogP contribution in [0.5, 0.6) is 0 Å². The first-order chi connectivity index (χ1) is 7.24. The fourth-order valence-electron chi connectivity index (χ4n) is 1.35. The van der Waals surface area contributed by atoms with Crippen LogP contribution in [0, 0.1) is 0 Å². The molecule has 0 radical (unpaired) electrons. The van der Waals surface area contributed by atoms with Crippen LogP contribution in [0.2, 0.25) is 0 Å². The summed E-state index contributed by atoms with van der Waals surface area (Å²) in [6, 6.07) is 4.47. The van der Waals surface area contributed by atoms with Crippen LogP contribution in [0.25, 0.3) is 10.8 Å². The van der Waals surface area contributed by atoms with Gasteiger partial charge < -0.3 is 0 Å². The van der Waals surface area contributed by atoms with E-state index >= 15 is 0 Å². The van der Waals surface area contributed by atoms with E-state index < -0.39 is 11.1 Å². The third-order valence-corrected chi connectivity index (χ3v) is 1.97. The number of hydrogen-bond donors (Lipinski definition) is 2. The van der Waals surface area contributed by atoms with Gasteiger partial charge in [0.1, 0.15) is 0 Å². The van der Waals surface area contributed by atoms with E-state index in [2.05, 4.69) is 15.2 Å². The zero-order valence-electron chi connectivity index (χ0n) is 7.40. The van der Waals surface area contributed by atoms with Gasteiger partial charge in [0.25, 0.3) is 11.1 Å². The zero-order chi connectivity index (χ0) is 10.8. The Morgan fingerprint density at radius 2 is 1.87 bits per heavy atom. The highest BCUT2D eigenvalue weighted by molar-refractivity contribution is 5.91. The van der Waals surface area contributed by atoms with Gasteiger partial charge in [0, 0.05) is 0 Å². The number of carbonyl (C=O) groups excluding carboxylic acids is 1. The molecule has 0 saturated carbocycles. The standard InChI is InChI=1S/C9H5N3O3/c13-4-10-6-3-1-2-5-7(6)9(15)12-11-8(5)14/h1-3H,(H,11,14)(H,12,15). The Bertz CT molecular complexity index is 677. The molecule has 0 amide bonds. The van der Waals surface area contributed by atoms with E-state index in [4.69, 9.17) is 0 Å². The van der Waals surface area contributed by atoms with E-state index in [9.17, 15) is 14.4 Å². The van der Waals surface area contributed by atoms with Crippen LogP contribution >= 0.6 is 0 Å². The summed E-state index contributed by atoms with van der Waals surface area (Å²) in [7, 11) is 0. The molecule has 2 aromatic rings. The Balaban J connectivity index is 3.10. The number of aliphatic imine (C=N–C) groups is 1. The van der Waals surface area contributed by atoms with E-state index in [1.165, 1.54) is 24.3 Å². The molecule has 0 aliphatic carbocycles. The first kappa shape index (κ1) is 9.11. The number of H-pyrrole nitrogens is 2. The number of rotatable bonds is 1. The summed E-state index contributed by atoms with van der Waals surface area (Å²) in [5.41, 5.74) is -0.804. The van der Waals surface area contributed by atoms with Crippen LogP contribution in [-0.2, 0) is 4.79 Å². The van der Waals surface area contributed by atoms with Crippen molar-refractivity contribution in [1.82, 2.24) is 10.2 Å². The van der Waals surface area contributed by atoms with E-state index in [-0.39, 0.29) is 16.5 Å². The van der Waals surface area contributed by atoms with Crippen molar-refractivity contribution in [2.75, 3.05) is 0 Å². The highest BCUT2D eigenvalue weighted by atomic mass is 16.1. The molecule has 0 fully saturated rings. The summed E-state index contributed by atoms with van der Waals surface area (Å²) < 4.78 is 0. The lowest BCUT2D eigenvalue weighted by Crippen LogP contribution is -2.18. The van der Waals surface area contributed by atoms with E-state index in [1.807, 2.05) is 0 Å². The zero-order valence-corrected chi connectivity index (χ0v) is 7.40. The van der Waals surface area contributed by atoms with Crippen LogP contribution in [-0.4, -0.2) is 16.3 Å². The normalized spacial score (nSPS) is 9.87. The van der Waals surface area contributed by atoms with Crippen molar-refractivity contribution in [2.45, 2.75) is 0 Å². The number of isocyanates is 1. The maximum absolute atomic E-state index is 11.4. The summed E-state index contributed by atoms with van der Waals surface area (Å²) in [6.45, 7) is 0. The molecule has 15 heavy (non-hydrogen) atoms. The average molecular weight is 203 g/mol. The monoisotopic (exact) mass is 203 g/mol. The summed E-state index contributed by atoms with van der Waals surface area (Å²) in [4.78, 5) is 36.2. The van der Waals surface area contributed by atoms with Gasteiger partial charge in [-0.15, -0.1) is 0 Å². The predicted octanol–water partition coefficient (Wildman–Crippen LogP) is 0.184. The fourth-order valence-corrected chi connectivity index (χ4v) is 1.35. The molecule has 2 N–H and O–H groups in total. The van der Waals surface area contributed by atoms with Gasteiger partial charge >= 0.3 is 0 Å². The molecular weight excluding hydrogens is 198 g/mol. The van der Waals surface area contributed by atoms with Gasteiger partial charge in [-0.3, -0.25) is 19.8 Å². The van der Waals surface area contributed by atoms with Crippen molar-refractivity contribution >= 4 is 22.5 Å². The Morgan fingerprint density at radius 1 is 1.13 bits per heavy atom. The van der Waals surface area contributed by atoms with Crippen LogP contribution in [0.3, 0.4) is 0 Å². The van der Waals surface area contributed by atoms with Gasteiger partial charge in [-0.05, 0) is 12.1 Å². The van der Waals surface area contributed by atoms with Crippen molar-refractivity contribution < 1.29 is 4.79 Å². The Hall–Kier alpha value is -2.46. The molecule has 0 unspecified atom stereocenters. The van der Waals surface area contributed by atoms with E-state index in [0.29, 0.717) is 0 Å². The second kappa shape index (κ2) is 3.36. The fraction of sp³-hybridized carbons (Fsp3) is 0. The minimum Gasteiger partial charge on any atom is -0.267 e. The summed E-state index contributed by atoms with van der Waals surface area (Å²) >= 11 is 0. The molecule has 0 saturated heterocycles. The molecule has 0 bridgehead atoms. The van der Waals surface area contributed by atoms with Crippen molar-refractivity contribution in [3.63, 3.8) is 0 Å². The SMILES string of the molecule is O=C=Nc1cccc2c(=O)[nH][nH]c(=O)c12. The molecular formula is C9H5N3O3. The van der Waals surface area contributed by atoms with E-state index in [1.54, 1.807) is 0 Å². The summed E-state index contributed by atoms with van der Waals surface area (Å²) in [5, 5.41) is 4.61. The third-order valence-electron chi connectivity index (χ3n) is 1.97. The molecule has 74 valence electrons. The molecule has 6 nitrogen and oxygen atoms in total. The summed E-state index contributed by atoms with van der Waals surface area (Å²) in [6.07, 6.45) is 1.33. The van der Waals surface area contributed by atoms with Crippen LogP contribution in [0.1, 0.15) is 0 Å². The van der Waals surface area contributed by atoms with Gasteiger partial charge in [-0.1, -0.05) is 6.07 Å². The molecule has 0 aliphatic heterocycles. The van der Waals surface area contributed by atoms with Gasteiger partial charge in [-0.25, -0.2) is 4.79 Å². The topological polar surface area (TPSA) is 95.2 Å². The maximum Gasteiger partial charge on any atom is 0.272 e. The number of nitrogens with one attached hydrogen (secondary N) is 2. The lowest BCUT2D eigenvalue weighted by atomic mass is 10.1. The third kappa shape index (κ3) is 1.38. The molecule has 1 heterocycles. The second-order valence-electron chi connectivity index (χ2n) is 2.81. The minimum absolute atomic E-state index is 0.0876. The van der Waals surface area contributed by atoms with Gasteiger partial charge in [0.05, 0.1) is 16.5 Å². The van der Waals surface area contributed by atoms with Crippen molar-refractivity contribution in [3.8, 4) is 0 Å². The molecule has 2 rings (SSSR count). The van der Waals surface area contributed by atoms with E-state index in [0.717, 1.165) is 0 Å². The molecule has 0 aliphatic rings. The molecule has 0 atom stereocenters. The first-order valence-corrected chi connectivity index (χ1v) is 4.05. The average Bonchev–Trinajstić information content (AvgIpc) is 2.24. The number of fused-ring (bicyclic) bond motifs is 1. The maximum atomic E-state index is 11.4. The van der Waals surface area contributed by atoms with Gasteiger partial charge in [-0.2, -0.15) is 4.99 Å². The first-order valence-electron chi connectivity index (χ1n) is 4.05. The van der Waals surface area contributed by atoms with Gasteiger partial charge in [0.15, 0.2) is 0 Å². The molecule has 1 aromatic heterocycles. The Kier molecular flexibility index (Phi) is 2.04. The Morgan fingerprint density at radius 3 is 2.60 bits per heavy atom. The second-order valence-corrected chi connectivity index (χ2v) is 2.81. The summed E-state index contributed by atoms with van der Waals surface area (Å²) in [5.74, 6) is 0. The van der Waals surface area contributed by atoms with Crippen molar-refractivity contribution in [1.29, 1.82) is 0 Å². The number of hydrogen-bond acceptors (Lipinski definition) is 4. The highest BCUT2D eigenvalue weighted by Crippen LogP contribution is 2.18. The van der Waals surface area contributed by atoms with Crippen LogP contribution in [0.15, 0.2) is 32.8 Å². The predicted molar refractivity (Wildman–Crippen MR) is 53.0 cm³/mol. The largest absolute Gasteiger partial charge is 0.272 e.